The highest BCUT2D eigenvalue weighted by atomic mass is 16.5. The lowest BCUT2D eigenvalue weighted by atomic mass is 9.91. The van der Waals surface area contributed by atoms with Crippen molar-refractivity contribution in [1.82, 2.24) is 10.6 Å². The predicted molar refractivity (Wildman–Crippen MR) is 75.3 cm³/mol. The third kappa shape index (κ3) is 5.09. The van der Waals surface area contributed by atoms with Gasteiger partial charge in [-0.2, -0.15) is 0 Å². The smallest absolute Gasteiger partial charge is 0.249 e. The molecule has 1 aliphatic rings. The first-order chi connectivity index (χ1) is 9.47. The van der Waals surface area contributed by atoms with Crippen molar-refractivity contribution in [2.75, 3.05) is 14.2 Å². The first-order valence-electron chi connectivity index (χ1n) is 7.14. The number of carbonyl (C=O) groups excluding carboxylic acids is 2. The summed E-state index contributed by atoms with van der Waals surface area (Å²) in [4.78, 5) is 23.4. The largest absolute Gasteiger partial charge is 0.372 e. The van der Waals surface area contributed by atoms with E-state index in [0.717, 1.165) is 25.7 Å². The highest BCUT2D eigenvalue weighted by Gasteiger charge is 2.25. The summed E-state index contributed by atoms with van der Waals surface area (Å²) in [6.07, 6.45) is 2.64. The van der Waals surface area contributed by atoms with Gasteiger partial charge >= 0.3 is 0 Å². The zero-order valence-corrected chi connectivity index (χ0v) is 12.8. The topological polar surface area (TPSA) is 76.7 Å². The second-order valence-electron chi connectivity index (χ2n) is 5.32. The van der Waals surface area contributed by atoms with Crippen LogP contribution < -0.4 is 10.6 Å². The van der Waals surface area contributed by atoms with Gasteiger partial charge in [0, 0.05) is 26.3 Å². The minimum Gasteiger partial charge on any atom is -0.372 e. The summed E-state index contributed by atoms with van der Waals surface area (Å²) in [6, 6.07) is 0.348. The molecule has 0 aliphatic heterocycles. The lowest BCUT2D eigenvalue weighted by Gasteiger charge is -2.30. The molecule has 6 heteroatoms. The molecule has 0 spiro atoms. The first-order valence-corrected chi connectivity index (χ1v) is 7.14. The number of methoxy groups -OCH3 is 2. The van der Waals surface area contributed by atoms with E-state index in [2.05, 4.69) is 10.6 Å². The molecule has 0 bridgehead atoms. The van der Waals surface area contributed by atoms with Gasteiger partial charge in [-0.05, 0) is 39.5 Å². The van der Waals surface area contributed by atoms with Gasteiger partial charge in [0.15, 0.2) is 0 Å². The maximum absolute atomic E-state index is 11.7. The zero-order valence-electron chi connectivity index (χ0n) is 12.8. The molecule has 0 aromatic rings. The molecular formula is C14H26N2O4. The Labute approximate surface area is 120 Å². The fraction of sp³-hybridized carbons (Fsp3) is 0.857. The van der Waals surface area contributed by atoms with Crippen LogP contribution in [0.3, 0.4) is 0 Å². The van der Waals surface area contributed by atoms with Crippen LogP contribution in [0.15, 0.2) is 0 Å². The molecule has 0 aromatic carbocycles. The van der Waals surface area contributed by atoms with Gasteiger partial charge < -0.3 is 20.1 Å². The predicted octanol–water partition coefficient (Wildman–Crippen LogP) is 0.600. The Morgan fingerprint density at radius 1 is 0.850 bits per heavy atom. The SMILES string of the molecule is COC(C)C(=O)NC1CCC(NC(=O)C(C)OC)CC1. The molecule has 2 N–H and O–H groups in total. The monoisotopic (exact) mass is 286 g/mol. The summed E-state index contributed by atoms with van der Waals surface area (Å²) in [5, 5.41) is 5.95. The molecule has 0 heterocycles. The standard InChI is InChI=1S/C14H26N2O4/c1-9(19-3)13(17)15-11-5-7-12(8-6-11)16-14(18)10(2)20-4/h9-12H,5-8H2,1-4H3,(H,15,17)(H,16,18). The molecule has 1 fully saturated rings. The summed E-state index contributed by atoms with van der Waals surface area (Å²) >= 11 is 0. The zero-order chi connectivity index (χ0) is 15.1. The van der Waals surface area contributed by atoms with Crippen LogP contribution in [0.5, 0.6) is 0 Å². The van der Waals surface area contributed by atoms with Gasteiger partial charge in [-0.1, -0.05) is 0 Å². The van der Waals surface area contributed by atoms with E-state index in [1.165, 1.54) is 14.2 Å². The van der Waals surface area contributed by atoms with E-state index in [1.807, 2.05) is 0 Å². The van der Waals surface area contributed by atoms with Gasteiger partial charge in [0.25, 0.3) is 0 Å². The van der Waals surface area contributed by atoms with E-state index in [0.29, 0.717) is 0 Å². The van der Waals surface area contributed by atoms with Gasteiger partial charge in [-0.3, -0.25) is 9.59 Å². The molecule has 20 heavy (non-hydrogen) atoms. The molecule has 2 amide bonds. The van der Waals surface area contributed by atoms with E-state index in [9.17, 15) is 9.59 Å². The number of nitrogens with one attached hydrogen (secondary N) is 2. The number of hydrogen-bond acceptors (Lipinski definition) is 4. The Morgan fingerprint density at radius 3 is 1.40 bits per heavy atom. The van der Waals surface area contributed by atoms with Crippen LogP contribution in [0.25, 0.3) is 0 Å². The van der Waals surface area contributed by atoms with E-state index in [1.54, 1.807) is 13.8 Å². The molecule has 0 radical (unpaired) electrons. The summed E-state index contributed by atoms with van der Waals surface area (Å²) < 4.78 is 9.97. The van der Waals surface area contributed by atoms with Crippen molar-refractivity contribution in [3.63, 3.8) is 0 Å². The summed E-state index contributed by atoms with van der Waals surface area (Å²) in [5.74, 6) is -0.152. The first kappa shape index (κ1) is 16.9. The summed E-state index contributed by atoms with van der Waals surface area (Å²) in [6.45, 7) is 3.46. The molecule has 1 aliphatic carbocycles. The normalized spacial score (nSPS) is 25.6. The highest BCUT2D eigenvalue weighted by molar-refractivity contribution is 5.81. The van der Waals surface area contributed by atoms with Gasteiger partial charge in [0.2, 0.25) is 11.8 Å². The van der Waals surface area contributed by atoms with E-state index in [-0.39, 0.29) is 23.9 Å². The van der Waals surface area contributed by atoms with Crippen LogP contribution >= 0.6 is 0 Å². The van der Waals surface area contributed by atoms with Crippen LogP contribution in [0.4, 0.5) is 0 Å². The minimum absolute atomic E-state index is 0.0759. The molecule has 2 atom stereocenters. The van der Waals surface area contributed by atoms with Gasteiger partial charge in [-0.15, -0.1) is 0 Å². The number of amides is 2. The molecule has 6 nitrogen and oxygen atoms in total. The van der Waals surface area contributed by atoms with Crippen LogP contribution in [0.1, 0.15) is 39.5 Å². The van der Waals surface area contributed by atoms with Crippen molar-refractivity contribution in [3.05, 3.63) is 0 Å². The summed E-state index contributed by atoms with van der Waals surface area (Å²) in [5.41, 5.74) is 0. The maximum atomic E-state index is 11.7. The fourth-order valence-corrected chi connectivity index (χ4v) is 2.23. The average molecular weight is 286 g/mol. The Bertz CT molecular complexity index is 295. The molecule has 1 saturated carbocycles. The Morgan fingerprint density at radius 2 is 1.15 bits per heavy atom. The van der Waals surface area contributed by atoms with Crippen molar-refractivity contribution in [2.45, 2.75) is 63.8 Å². The van der Waals surface area contributed by atoms with Crippen LogP contribution in [0.2, 0.25) is 0 Å². The van der Waals surface area contributed by atoms with Crippen molar-refractivity contribution in [2.24, 2.45) is 0 Å². The van der Waals surface area contributed by atoms with Crippen molar-refractivity contribution < 1.29 is 19.1 Å². The molecular weight excluding hydrogens is 260 g/mol. The number of carbonyl (C=O) groups is 2. The average Bonchev–Trinajstić information content (AvgIpc) is 2.47. The van der Waals surface area contributed by atoms with Crippen molar-refractivity contribution >= 4 is 11.8 Å². The molecule has 0 aromatic heterocycles. The number of hydrogen-bond donors (Lipinski definition) is 2. The van der Waals surface area contributed by atoms with Crippen LogP contribution in [-0.4, -0.2) is 50.3 Å². The lowest BCUT2D eigenvalue weighted by molar-refractivity contribution is -0.132. The second-order valence-corrected chi connectivity index (χ2v) is 5.32. The van der Waals surface area contributed by atoms with Crippen LogP contribution in [-0.2, 0) is 19.1 Å². The number of rotatable bonds is 6. The quantitative estimate of drug-likeness (QED) is 0.749. The Kier molecular flexibility index (Phi) is 6.95. The highest BCUT2D eigenvalue weighted by Crippen LogP contribution is 2.19. The third-order valence-corrected chi connectivity index (χ3v) is 3.87. The van der Waals surface area contributed by atoms with E-state index >= 15 is 0 Å². The van der Waals surface area contributed by atoms with Crippen molar-refractivity contribution in [1.29, 1.82) is 0 Å². The van der Waals surface area contributed by atoms with E-state index in [4.69, 9.17) is 9.47 Å². The van der Waals surface area contributed by atoms with Gasteiger partial charge in [0.1, 0.15) is 12.2 Å². The van der Waals surface area contributed by atoms with E-state index < -0.39 is 12.2 Å². The molecule has 0 saturated heterocycles. The Hall–Kier alpha value is -1.14. The third-order valence-electron chi connectivity index (χ3n) is 3.87. The molecule has 2 unspecified atom stereocenters. The second kappa shape index (κ2) is 8.21. The fourth-order valence-electron chi connectivity index (χ4n) is 2.23. The summed E-state index contributed by atoms with van der Waals surface area (Å²) in [7, 11) is 3.04. The molecule has 116 valence electrons. The van der Waals surface area contributed by atoms with Crippen molar-refractivity contribution in [3.8, 4) is 0 Å². The van der Waals surface area contributed by atoms with Gasteiger partial charge in [-0.25, -0.2) is 0 Å². The minimum atomic E-state index is -0.421. The molecule has 1 rings (SSSR count). The Balaban J connectivity index is 2.30. The lowest BCUT2D eigenvalue weighted by Crippen LogP contribution is -2.47. The maximum Gasteiger partial charge on any atom is 0.249 e. The number of ether oxygens (including phenoxy) is 2. The van der Waals surface area contributed by atoms with Gasteiger partial charge in [0.05, 0.1) is 0 Å². The van der Waals surface area contributed by atoms with Crippen LogP contribution in [0, 0.1) is 0 Å².